The van der Waals surface area contributed by atoms with Gasteiger partial charge in [-0.25, -0.2) is 9.59 Å². The molecule has 1 N–H and O–H groups in total. The van der Waals surface area contributed by atoms with Gasteiger partial charge in [-0.15, -0.1) is 0 Å². The highest BCUT2D eigenvalue weighted by Gasteiger charge is 2.67. The third-order valence-electron chi connectivity index (χ3n) is 11.9. The second-order valence-corrected chi connectivity index (χ2v) is 15.3. The first-order valence-corrected chi connectivity index (χ1v) is 16.5. The van der Waals surface area contributed by atoms with Gasteiger partial charge in [-0.05, 0) is 112 Å². The average Bonchev–Trinajstić information content (AvgIpc) is 3.47. The Kier molecular flexibility index (Phi) is 7.18. The van der Waals surface area contributed by atoms with E-state index in [1.165, 1.54) is 12.1 Å². The number of aryl methyl sites for hydroxylation is 1. The van der Waals surface area contributed by atoms with Gasteiger partial charge < -0.3 is 14.6 Å². The molecule has 224 valence electrons. The Hall–Kier alpha value is -2.23. The lowest BCUT2D eigenvalue weighted by Crippen LogP contribution is -2.62. The maximum Gasteiger partial charge on any atom is 0.333 e. The Morgan fingerprint density at radius 2 is 1.78 bits per heavy atom. The lowest BCUT2D eigenvalue weighted by molar-refractivity contribution is -0.210. The summed E-state index contributed by atoms with van der Waals surface area (Å²) in [7, 11) is -4.04. The zero-order chi connectivity index (χ0) is 29.2. The first-order valence-electron chi connectivity index (χ1n) is 15.1. The number of hydrogen-bond acceptors (Lipinski definition) is 8. The summed E-state index contributed by atoms with van der Waals surface area (Å²) < 4.78 is 40.9. The second kappa shape index (κ2) is 10.2. The standard InChI is InChI=1S/C32H42O8S/c1-20-4-7-24(8-5-20)41(36,37)39-19-29(34)40-23-10-13-30(2)22(17-23)6-9-27-26(30)11-14-31(3)25(12-15-32(27,31)35)21-16-28(33)38-18-21/h4-5,7-8,16,22-23,25-27,35H,6,9-15,17-19H2,1-3H3/t22-,23-,25+,26-,27+,30-,31+,32?/m0/s1. The summed E-state index contributed by atoms with van der Waals surface area (Å²) in [5, 5.41) is 12.4. The number of rotatable bonds is 6. The van der Waals surface area contributed by atoms with Crippen molar-refractivity contribution in [2.75, 3.05) is 13.2 Å². The maximum absolute atomic E-state index is 12.6. The molecule has 5 aliphatic rings. The molecule has 0 bridgehead atoms. The number of esters is 2. The fraction of sp³-hybridized carbons (Fsp3) is 0.688. The number of carbonyl (C=O) groups is 2. The topological polar surface area (TPSA) is 116 Å². The van der Waals surface area contributed by atoms with Gasteiger partial charge in [-0.1, -0.05) is 31.5 Å². The average molecular weight is 587 g/mol. The first kappa shape index (κ1) is 28.9. The smallest absolute Gasteiger partial charge is 0.333 e. The molecule has 1 unspecified atom stereocenters. The number of ether oxygens (including phenoxy) is 2. The van der Waals surface area contributed by atoms with E-state index in [1.807, 2.05) is 6.92 Å². The van der Waals surface area contributed by atoms with Crippen LogP contribution in [0.15, 0.2) is 40.8 Å². The predicted molar refractivity (Wildman–Crippen MR) is 150 cm³/mol. The Balaban J connectivity index is 1.08. The van der Waals surface area contributed by atoms with Crippen LogP contribution < -0.4 is 0 Å². The van der Waals surface area contributed by atoms with Gasteiger partial charge in [0.15, 0.2) is 6.61 Å². The van der Waals surface area contributed by atoms with Crippen LogP contribution in [0.1, 0.15) is 77.2 Å². The molecule has 4 aliphatic carbocycles. The minimum absolute atomic E-state index is 0.0155. The quantitative estimate of drug-likeness (QED) is 0.371. The van der Waals surface area contributed by atoms with Crippen LogP contribution in [0.3, 0.4) is 0 Å². The highest BCUT2D eigenvalue weighted by Crippen LogP contribution is 2.70. The zero-order valence-corrected chi connectivity index (χ0v) is 25.1. The minimum Gasteiger partial charge on any atom is -0.461 e. The minimum atomic E-state index is -4.04. The van der Waals surface area contributed by atoms with Crippen molar-refractivity contribution in [3.63, 3.8) is 0 Å². The van der Waals surface area contributed by atoms with Crippen molar-refractivity contribution < 1.29 is 36.8 Å². The molecule has 0 spiro atoms. The molecule has 0 saturated heterocycles. The maximum atomic E-state index is 12.6. The van der Waals surface area contributed by atoms with Crippen molar-refractivity contribution in [3.05, 3.63) is 41.5 Å². The van der Waals surface area contributed by atoms with Crippen molar-refractivity contribution in [1.82, 2.24) is 0 Å². The number of aliphatic hydroxyl groups is 1. The normalized spacial score (nSPS) is 40.1. The fourth-order valence-electron chi connectivity index (χ4n) is 9.60. The van der Waals surface area contributed by atoms with E-state index < -0.39 is 28.3 Å². The van der Waals surface area contributed by atoms with E-state index in [0.29, 0.717) is 18.4 Å². The molecule has 8 atom stereocenters. The van der Waals surface area contributed by atoms with Crippen molar-refractivity contribution >= 4 is 22.1 Å². The molecule has 4 saturated carbocycles. The molecule has 6 rings (SSSR count). The van der Waals surface area contributed by atoms with Gasteiger partial charge in [0.05, 0.1) is 10.5 Å². The highest BCUT2D eigenvalue weighted by molar-refractivity contribution is 7.86. The molecule has 1 heterocycles. The van der Waals surface area contributed by atoms with Gasteiger partial charge in [0, 0.05) is 11.5 Å². The van der Waals surface area contributed by atoms with Crippen LogP contribution in [-0.2, 0) is 33.4 Å². The largest absolute Gasteiger partial charge is 0.461 e. The van der Waals surface area contributed by atoms with E-state index in [-0.39, 0.29) is 39.6 Å². The molecule has 1 aliphatic heterocycles. The monoisotopic (exact) mass is 586 g/mol. The molecular formula is C32H42O8S. The number of hydrogen-bond donors (Lipinski definition) is 1. The van der Waals surface area contributed by atoms with E-state index in [9.17, 15) is 23.1 Å². The molecule has 41 heavy (non-hydrogen) atoms. The van der Waals surface area contributed by atoms with Crippen LogP contribution in [0.5, 0.6) is 0 Å². The Labute approximate surface area is 242 Å². The number of fused-ring (bicyclic) bond motifs is 5. The summed E-state index contributed by atoms with van der Waals surface area (Å²) in [5.41, 5.74) is 1.01. The molecule has 9 heteroatoms. The zero-order valence-electron chi connectivity index (χ0n) is 24.3. The Bertz CT molecular complexity index is 1350. The Morgan fingerprint density at radius 1 is 1.02 bits per heavy atom. The SMILES string of the molecule is Cc1ccc(S(=O)(=O)OCC(=O)O[C@H]2CC[C@@]3(C)[C@@H](CC[C@@H]4[C@@H]3CC[C@]3(C)[C@@H](C5=CC(=O)OC5)CCC43O)C2)cc1. The van der Waals surface area contributed by atoms with E-state index in [0.717, 1.165) is 68.9 Å². The summed E-state index contributed by atoms with van der Waals surface area (Å²) in [6, 6.07) is 6.30. The van der Waals surface area contributed by atoms with Gasteiger partial charge in [0.1, 0.15) is 12.7 Å². The van der Waals surface area contributed by atoms with Crippen molar-refractivity contribution in [2.45, 2.75) is 95.2 Å². The van der Waals surface area contributed by atoms with Crippen LogP contribution in [0.2, 0.25) is 0 Å². The fourth-order valence-corrected chi connectivity index (χ4v) is 10.5. The summed E-state index contributed by atoms with van der Waals surface area (Å²) in [4.78, 5) is 24.4. The summed E-state index contributed by atoms with van der Waals surface area (Å²) >= 11 is 0. The summed E-state index contributed by atoms with van der Waals surface area (Å²) in [6.07, 6.45) is 9.29. The first-order chi connectivity index (χ1) is 19.4. The lowest BCUT2D eigenvalue weighted by Gasteiger charge is -2.63. The van der Waals surface area contributed by atoms with Gasteiger partial charge in [0.25, 0.3) is 10.1 Å². The molecule has 8 nitrogen and oxygen atoms in total. The van der Waals surface area contributed by atoms with E-state index in [2.05, 4.69) is 13.8 Å². The van der Waals surface area contributed by atoms with Crippen molar-refractivity contribution in [1.29, 1.82) is 0 Å². The van der Waals surface area contributed by atoms with Crippen LogP contribution >= 0.6 is 0 Å². The molecular weight excluding hydrogens is 544 g/mol. The highest BCUT2D eigenvalue weighted by atomic mass is 32.2. The molecule has 0 amide bonds. The van der Waals surface area contributed by atoms with Crippen LogP contribution in [-0.4, -0.2) is 50.4 Å². The van der Waals surface area contributed by atoms with E-state index >= 15 is 0 Å². The molecule has 1 aromatic rings. The molecule has 1 aromatic carbocycles. The van der Waals surface area contributed by atoms with Gasteiger partial charge in [0.2, 0.25) is 0 Å². The van der Waals surface area contributed by atoms with Gasteiger partial charge in [-0.2, -0.15) is 8.42 Å². The molecule has 4 fully saturated rings. The Morgan fingerprint density at radius 3 is 2.49 bits per heavy atom. The predicted octanol–water partition coefficient (Wildman–Crippen LogP) is 4.87. The second-order valence-electron chi connectivity index (χ2n) is 13.7. The molecule has 0 radical (unpaired) electrons. The number of benzene rings is 1. The third kappa shape index (κ3) is 4.76. The lowest BCUT2D eigenvalue weighted by atomic mass is 9.43. The number of carbonyl (C=O) groups excluding carboxylic acids is 2. The van der Waals surface area contributed by atoms with E-state index in [4.69, 9.17) is 13.7 Å². The van der Waals surface area contributed by atoms with Gasteiger partial charge in [-0.3, -0.25) is 4.18 Å². The van der Waals surface area contributed by atoms with Crippen LogP contribution in [0.4, 0.5) is 0 Å². The molecule has 0 aromatic heterocycles. The van der Waals surface area contributed by atoms with Crippen molar-refractivity contribution in [2.24, 2.45) is 34.5 Å². The van der Waals surface area contributed by atoms with Crippen LogP contribution in [0, 0.1) is 41.4 Å². The van der Waals surface area contributed by atoms with Gasteiger partial charge >= 0.3 is 11.9 Å². The van der Waals surface area contributed by atoms with E-state index in [1.54, 1.807) is 18.2 Å². The third-order valence-corrected chi connectivity index (χ3v) is 13.2. The van der Waals surface area contributed by atoms with Crippen LogP contribution in [0.25, 0.3) is 0 Å². The number of cyclic esters (lactones) is 1. The summed E-state index contributed by atoms with van der Waals surface area (Å²) in [6.45, 7) is 6.18. The summed E-state index contributed by atoms with van der Waals surface area (Å²) in [5.74, 6) is 0.238. The van der Waals surface area contributed by atoms with Crippen molar-refractivity contribution in [3.8, 4) is 0 Å².